The van der Waals surface area contributed by atoms with Gasteiger partial charge in [0.1, 0.15) is 0 Å². The highest BCUT2D eigenvalue weighted by Gasteiger charge is 2.42. The van der Waals surface area contributed by atoms with Gasteiger partial charge in [0.05, 0.1) is 4.34 Å². The highest BCUT2D eigenvalue weighted by atomic mass is 35.5. The molecule has 0 saturated heterocycles. The number of thiophene rings is 1. The summed E-state index contributed by atoms with van der Waals surface area (Å²) in [6, 6.07) is 4.78. The maximum Gasteiger partial charge on any atom is 0.0931 e. The van der Waals surface area contributed by atoms with Crippen LogP contribution in [0.5, 0.6) is 0 Å². The summed E-state index contributed by atoms with van der Waals surface area (Å²) in [4.78, 5) is 1.44. The van der Waals surface area contributed by atoms with Crippen molar-refractivity contribution in [2.24, 2.45) is 11.3 Å². The third-order valence-corrected chi connectivity index (χ3v) is 5.80. The molecule has 1 saturated carbocycles. The van der Waals surface area contributed by atoms with Crippen LogP contribution in [0.2, 0.25) is 4.34 Å². The van der Waals surface area contributed by atoms with Gasteiger partial charge in [-0.3, -0.25) is 0 Å². The van der Waals surface area contributed by atoms with Crippen molar-refractivity contribution >= 4 is 22.9 Å². The van der Waals surface area contributed by atoms with Crippen molar-refractivity contribution < 1.29 is 0 Å². The molecule has 0 radical (unpaired) electrons. The number of nitrogens with one attached hydrogen (secondary N) is 1. The predicted molar refractivity (Wildman–Crippen MR) is 90.7 cm³/mol. The molecular formula is C17H28ClNS. The molecule has 1 aliphatic carbocycles. The highest BCUT2D eigenvalue weighted by Crippen LogP contribution is 2.52. The van der Waals surface area contributed by atoms with Gasteiger partial charge in [-0.05, 0) is 55.7 Å². The van der Waals surface area contributed by atoms with Crippen LogP contribution in [-0.4, -0.2) is 6.54 Å². The summed E-state index contributed by atoms with van der Waals surface area (Å²) < 4.78 is 0.918. The SMILES string of the molecule is CCCNC(c1ccc(Cl)s1)C1(CC(C)C)CCCC1. The highest BCUT2D eigenvalue weighted by molar-refractivity contribution is 7.16. The molecule has 1 N–H and O–H groups in total. The average molecular weight is 314 g/mol. The van der Waals surface area contributed by atoms with Gasteiger partial charge in [0.25, 0.3) is 0 Å². The first-order valence-corrected chi connectivity index (χ1v) is 9.25. The van der Waals surface area contributed by atoms with Crippen LogP contribution >= 0.6 is 22.9 Å². The van der Waals surface area contributed by atoms with Gasteiger partial charge in [0.15, 0.2) is 0 Å². The van der Waals surface area contributed by atoms with Crippen LogP contribution in [-0.2, 0) is 0 Å². The lowest BCUT2D eigenvalue weighted by atomic mass is 9.72. The largest absolute Gasteiger partial charge is 0.309 e. The third kappa shape index (κ3) is 3.78. The lowest BCUT2D eigenvalue weighted by Crippen LogP contribution is -2.37. The number of rotatable bonds is 7. The summed E-state index contributed by atoms with van der Waals surface area (Å²) in [5.74, 6) is 0.759. The normalized spacial score (nSPS) is 19.6. The van der Waals surface area contributed by atoms with Crippen LogP contribution in [0, 0.1) is 11.3 Å². The fraction of sp³-hybridized carbons (Fsp3) is 0.765. The van der Waals surface area contributed by atoms with Crippen LogP contribution in [0.3, 0.4) is 0 Å². The van der Waals surface area contributed by atoms with E-state index in [1.54, 1.807) is 11.3 Å². The zero-order valence-corrected chi connectivity index (χ0v) is 14.6. The molecule has 20 heavy (non-hydrogen) atoms. The van der Waals surface area contributed by atoms with E-state index in [0.29, 0.717) is 11.5 Å². The van der Waals surface area contributed by atoms with E-state index in [9.17, 15) is 0 Å². The second kappa shape index (κ2) is 7.29. The van der Waals surface area contributed by atoms with Crippen LogP contribution in [0.15, 0.2) is 12.1 Å². The summed E-state index contributed by atoms with van der Waals surface area (Å²) in [7, 11) is 0. The van der Waals surface area contributed by atoms with Crippen LogP contribution in [0.1, 0.15) is 70.2 Å². The smallest absolute Gasteiger partial charge is 0.0931 e. The number of hydrogen-bond donors (Lipinski definition) is 1. The van der Waals surface area contributed by atoms with E-state index >= 15 is 0 Å². The number of halogens is 1. The molecule has 0 spiro atoms. The van der Waals surface area contributed by atoms with Gasteiger partial charge in [0, 0.05) is 10.9 Å². The Kier molecular flexibility index (Phi) is 5.95. The van der Waals surface area contributed by atoms with E-state index in [-0.39, 0.29) is 0 Å². The van der Waals surface area contributed by atoms with E-state index in [0.717, 1.165) is 16.8 Å². The second-order valence-corrected chi connectivity index (χ2v) is 8.44. The predicted octanol–water partition coefficient (Wildman–Crippen LogP) is 6.05. The molecule has 2 rings (SSSR count). The molecule has 0 aliphatic heterocycles. The molecular weight excluding hydrogens is 286 g/mol. The minimum absolute atomic E-state index is 0.442. The van der Waals surface area contributed by atoms with Crippen molar-refractivity contribution in [3.05, 3.63) is 21.3 Å². The summed E-state index contributed by atoms with van der Waals surface area (Å²) in [6.07, 6.45) is 8.01. The lowest BCUT2D eigenvalue weighted by Gasteiger charge is -2.39. The molecule has 1 aromatic heterocycles. The Morgan fingerprint density at radius 2 is 2.00 bits per heavy atom. The zero-order chi connectivity index (χ0) is 14.6. The molecule has 114 valence electrons. The lowest BCUT2D eigenvalue weighted by molar-refractivity contribution is 0.158. The topological polar surface area (TPSA) is 12.0 Å². The first-order chi connectivity index (χ1) is 9.57. The Bertz CT molecular complexity index is 407. The van der Waals surface area contributed by atoms with Crippen LogP contribution in [0.25, 0.3) is 0 Å². The summed E-state index contributed by atoms with van der Waals surface area (Å²) in [5, 5.41) is 3.84. The Morgan fingerprint density at radius 3 is 2.50 bits per heavy atom. The van der Waals surface area contributed by atoms with Gasteiger partial charge in [-0.15, -0.1) is 11.3 Å². The minimum Gasteiger partial charge on any atom is -0.309 e. The first-order valence-electron chi connectivity index (χ1n) is 8.06. The summed E-state index contributed by atoms with van der Waals surface area (Å²) in [5.41, 5.74) is 0.442. The van der Waals surface area contributed by atoms with Crippen molar-refractivity contribution in [2.45, 2.75) is 65.3 Å². The number of hydrogen-bond acceptors (Lipinski definition) is 2. The Balaban J connectivity index is 2.26. The third-order valence-electron chi connectivity index (χ3n) is 4.50. The standard InChI is InChI=1S/C17H28ClNS/c1-4-11-19-16(14-7-8-15(18)20-14)17(12-13(2)3)9-5-6-10-17/h7-8,13,16,19H,4-6,9-12H2,1-3H3. The van der Waals surface area contributed by atoms with Crippen molar-refractivity contribution in [1.29, 1.82) is 0 Å². The van der Waals surface area contributed by atoms with Gasteiger partial charge in [0.2, 0.25) is 0 Å². The van der Waals surface area contributed by atoms with E-state index in [1.807, 2.05) is 0 Å². The van der Waals surface area contributed by atoms with Crippen molar-refractivity contribution in [2.75, 3.05) is 6.54 Å². The maximum absolute atomic E-state index is 6.19. The monoisotopic (exact) mass is 313 g/mol. The van der Waals surface area contributed by atoms with Gasteiger partial charge < -0.3 is 5.32 Å². The molecule has 1 aliphatic rings. The molecule has 3 heteroatoms. The van der Waals surface area contributed by atoms with Gasteiger partial charge in [-0.2, -0.15) is 0 Å². The van der Waals surface area contributed by atoms with E-state index in [1.165, 1.54) is 43.4 Å². The van der Waals surface area contributed by atoms with E-state index in [4.69, 9.17) is 11.6 Å². The molecule has 1 atom stereocenters. The van der Waals surface area contributed by atoms with Gasteiger partial charge in [-0.1, -0.05) is 45.2 Å². The molecule has 0 bridgehead atoms. The Morgan fingerprint density at radius 1 is 1.30 bits per heavy atom. The Labute approximate surface area is 133 Å². The van der Waals surface area contributed by atoms with Crippen molar-refractivity contribution in [3.63, 3.8) is 0 Å². The molecule has 1 fully saturated rings. The van der Waals surface area contributed by atoms with Crippen LogP contribution in [0.4, 0.5) is 0 Å². The molecule has 1 heterocycles. The fourth-order valence-corrected chi connectivity index (χ4v) is 5.17. The quantitative estimate of drug-likeness (QED) is 0.646. The summed E-state index contributed by atoms with van der Waals surface area (Å²) >= 11 is 7.95. The maximum atomic E-state index is 6.19. The van der Waals surface area contributed by atoms with E-state index < -0.39 is 0 Å². The fourth-order valence-electron chi connectivity index (χ4n) is 3.89. The van der Waals surface area contributed by atoms with E-state index in [2.05, 4.69) is 38.2 Å². The zero-order valence-electron chi connectivity index (χ0n) is 13.0. The second-order valence-electron chi connectivity index (χ2n) is 6.70. The first kappa shape index (κ1) is 16.3. The molecule has 1 aromatic rings. The Hall–Kier alpha value is -0.0500. The molecule has 0 aromatic carbocycles. The van der Waals surface area contributed by atoms with Crippen LogP contribution < -0.4 is 5.32 Å². The van der Waals surface area contributed by atoms with Crippen molar-refractivity contribution in [3.8, 4) is 0 Å². The molecule has 1 nitrogen and oxygen atoms in total. The molecule has 0 amide bonds. The summed E-state index contributed by atoms with van der Waals surface area (Å²) in [6.45, 7) is 8.06. The molecule has 1 unspecified atom stereocenters. The van der Waals surface area contributed by atoms with Gasteiger partial charge in [-0.25, -0.2) is 0 Å². The average Bonchev–Trinajstić information content (AvgIpc) is 3.00. The van der Waals surface area contributed by atoms with Gasteiger partial charge >= 0.3 is 0 Å². The minimum atomic E-state index is 0.442. The van der Waals surface area contributed by atoms with Crippen molar-refractivity contribution in [1.82, 2.24) is 5.32 Å².